The number of hydrogen-bond donors (Lipinski definition) is 0. The van der Waals surface area contributed by atoms with Crippen molar-refractivity contribution in [3.05, 3.63) is 41.3 Å². The highest BCUT2D eigenvalue weighted by Crippen LogP contribution is 2.08. The molecule has 0 unspecified atom stereocenters. The van der Waals surface area contributed by atoms with Gasteiger partial charge in [-0.15, -0.1) is 0 Å². The summed E-state index contributed by atoms with van der Waals surface area (Å²) in [4.78, 5) is 11.1. The maximum absolute atomic E-state index is 12.1. The molecule has 0 heterocycles. The molecule has 0 atom stereocenters. The predicted molar refractivity (Wildman–Crippen MR) is 78.3 cm³/mol. The van der Waals surface area contributed by atoms with E-state index in [0.717, 1.165) is 11.0 Å². The first-order chi connectivity index (χ1) is 9.49. The first-order valence-corrected chi connectivity index (χ1v) is 7.80. The fraction of sp³-hybridized carbons (Fsp3) is 0.357. The Morgan fingerprint density at radius 2 is 1.95 bits per heavy atom. The van der Waals surface area contributed by atoms with Gasteiger partial charge in [0.05, 0.1) is 13.5 Å². The standard InChI is InChI=1S/C14H19NO4S/c1-3-15(11-9-14(16)19-2)20(17,18)12-10-13-7-5-4-6-8-13/h4-8,10,12H,3,9,11H2,1-2H3. The van der Waals surface area contributed by atoms with E-state index in [1.165, 1.54) is 17.5 Å². The van der Waals surface area contributed by atoms with Crippen molar-refractivity contribution in [1.82, 2.24) is 4.31 Å². The minimum Gasteiger partial charge on any atom is -0.469 e. The lowest BCUT2D eigenvalue weighted by molar-refractivity contribution is -0.140. The number of nitrogens with zero attached hydrogens (tertiary/aromatic N) is 1. The highest BCUT2D eigenvalue weighted by molar-refractivity contribution is 7.92. The highest BCUT2D eigenvalue weighted by atomic mass is 32.2. The van der Waals surface area contributed by atoms with Crippen LogP contribution in [0.4, 0.5) is 0 Å². The van der Waals surface area contributed by atoms with E-state index in [9.17, 15) is 13.2 Å². The molecule has 1 rings (SSSR count). The molecule has 0 aliphatic rings. The third kappa shape index (κ3) is 5.14. The fourth-order valence-electron chi connectivity index (χ4n) is 1.60. The number of sulfonamides is 1. The average Bonchev–Trinajstić information content (AvgIpc) is 2.46. The van der Waals surface area contributed by atoms with E-state index in [-0.39, 0.29) is 13.0 Å². The Hall–Kier alpha value is -1.66. The van der Waals surface area contributed by atoms with Gasteiger partial charge in [-0.05, 0) is 11.6 Å². The Labute approximate surface area is 119 Å². The number of rotatable bonds is 7. The third-order valence-electron chi connectivity index (χ3n) is 2.74. The molecule has 0 amide bonds. The topological polar surface area (TPSA) is 63.7 Å². The van der Waals surface area contributed by atoms with Gasteiger partial charge in [0.2, 0.25) is 10.0 Å². The molecule has 0 fully saturated rings. The van der Waals surface area contributed by atoms with E-state index >= 15 is 0 Å². The molecule has 5 nitrogen and oxygen atoms in total. The molecule has 0 bridgehead atoms. The molecule has 0 saturated heterocycles. The Morgan fingerprint density at radius 3 is 2.50 bits per heavy atom. The van der Waals surface area contributed by atoms with Gasteiger partial charge in [-0.2, -0.15) is 4.31 Å². The highest BCUT2D eigenvalue weighted by Gasteiger charge is 2.18. The van der Waals surface area contributed by atoms with Crippen molar-refractivity contribution in [2.75, 3.05) is 20.2 Å². The van der Waals surface area contributed by atoms with Gasteiger partial charge < -0.3 is 4.74 Å². The largest absolute Gasteiger partial charge is 0.469 e. The lowest BCUT2D eigenvalue weighted by Gasteiger charge is -2.17. The van der Waals surface area contributed by atoms with E-state index < -0.39 is 16.0 Å². The summed E-state index contributed by atoms with van der Waals surface area (Å²) in [6, 6.07) is 9.16. The molecule has 0 saturated carbocycles. The molecule has 0 N–H and O–H groups in total. The summed E-state index contributed by atoms with van der Waals surface area (Å²) in [5.41, 5.74) is 0.806. The Morgan fingerprint density at radius 1 is 1.30 bits per heavy atom. The van der Waals surface area contributed by atoms with Crippen molar-refractivity contribution in [1.29, 1.82) is 0 Å². The Bertz CT molecular complexity index is 552. The van der Waals surface area contributed by atoms with Crippen LogP contribution in [0, 0.1) is 0 Å². The lowest BCUT2D eigenvalue weighted by Crippen LogP contribution is -2.31. The molecule has 20 heavy (non-hydrogen) atoms. The first-order valence-electron chi connectivity index (χ1n) is 6.29. The molecule has 0 spiro atoms. The first kappa shape index (κ1) is 16.4. The quantitative estimate of drug-likeness (QED) is 0.721. The number of benzene rings is 1. The maximum Gasteiger partial charge on any atom is 0.306 e. The number of carbonyl (C=O) groups is 1. The Balaban J connectivity index is 2.74. The van der Waals surface area contributed by atoms with Crippen molar-refractivity contribution in [3.63, 3.8) is 0 Å². The van der Waals surface area contributed by atoms with Gasteiger partial charge >= 0.3 is 5.97 Å². The van der Waals surface area contributed by atoms with Crippen molar-refractivity contribution in [3.8, 4) is 0 Å². The van der Waals surface area contributed by atoms with Crippen molar-refractivity contribution in [2.45, 2.75) is 13.3 Å². The summed E-state index contributed by atoms with van der Waals surface area (Å²) in [6.45, 7) is 2.15. The Kier molecular flexibility index (Phi) is 6.41. The van der Waals surface area contributed by atoms with Gasteiger partial charge in [0.25, 0.3) is 0 Å². The average molecular weight is 297 g/mol. The zero-order chi connectivity index (χ0) is 15.0. The monoisotopic (exact) mass is 297 g/mol. The molecule has 0 aliphatic carbocycles. The smallest absolute Gasteiger partial charge is 0.306 e. The van der Waals surface area contributed by atoms with Crippen LogP contribution in [0.1, 0.15) is 18.9 Å². The van der Waals surface area contributed by atoms with Crippen LogP contribution in [0.2, 0.25) is 0 Å². The van der Waals surface area contributed by atoms with E-state index in [2.05, 4.69) is 4.74 Å². The van der Waals surface area contributed by atoms with Crippen LogP contribution in [0.3, 0.4) is 0 Å². The summed E-state index contributed by atoms with van der Waals surface area (Å²) >= 11 is 0. The number of ether oxygens (including phenoxy) is 1. The van der Waals surface area contributed by atoms with Crippen LogP contribution in [0.5, 0.6) is 0 Å². The second kappa shape index (κ2) is 7.81. The third-order valence-corrected chi connectivity index (χ3v) is 4.38. The van der Waals surface area contributed by atoms with Crippen molar-refractivity contribution in [2.24, 2.45) is 0 Å². The summed E-state index contributed by atoms with van der Waals surface area (Å²) in [6.07, 6.45) is 1.58. The van der Waals surface area contributed by atoms with Crippen molar-refractivity contribution >= 4 is 22.1 Å². The summed E-state index contributed by atoms with van der Waals surface area (Å²) < 4.78 is 30.0. The predicted octanol–water partition coefficient (Wildman–Crippen LogP) is 1.87. The molecular formula is C14H19NO4S. The van der Waals surface area contributed by atoms with E-state index in [1.54, 1.807) is 6.92 Å². The molecule has 0 radical (unpaired) electrons. The van der Waals surface area contributed by atoms with Crippen LogP contribution in [0.15, 0.2) is 35.7 Å². The van der Waals surface area contributed by atoms with Gasteiger partial charge in [-0.1, -0.05) is 37.3 Å². The zero-order valence-electron chi connectivity index (χ0n) is 11.7. The van der Waals surface area contributed by atoms with Crippen LogP contribution in [-0.2, 0) is 19.6 Å². The fourth-order valence-corrected chi connectivity index (χ4v) is 2.81. The second-order valence-corrected chi connectivity index (χ2v) is 5.89. The van der Waals surface area contributed by atoms with E-state index in [4.69, 9.17) is 0 Å². The van der Waals surface area contributed by atoms with Gasteiger partial charge in [0.15, 0.2) is 0 Å². The normalized spacial score (nSPS) is 11.9. The molecule has 110 valence electrons. The maximum atomic E-state index is 12.1. The molecule has 1 aromatic rings. The minimum atomic E-state index is -3.53. The van der Waals surface area contributed by atoms with E-state index in [1.807, 2.05) is 30.3 Å². The van der Waals surface area contributed by atoms with Crippen LogP contribution in [0.25, 0.3) is 6.08 Å². The van der Waals surface area contributed by atoms with Gasteiger partial charge in [0, 0.05) is 18.5 Å². The summed E-state index contributed by atoms with van der Waals surface area (Å²) in [7, 11) is -2.25. The lowest BCUT2D eigenvalue weighted by atomic mass is 10.2. The van der Waals surface area contributed by atoms with Gasteiger partial charge in [-0.3, -0.25) is 4.79 Å². The SMILES string of the molecule is CCN(CCC(=O)OC)S(=O)(=O)C=Cc1ccccc1. The molecule has 0 aliphatic heterocycles. The molecular weight excluding hydrogens is 278 g/mol. The minimum absolute atomic E-state index is 0.0444. The van der Waals surface area contributed by atoms with Crippen LogP contribution in [-0.4, -0.2) is 38.9 Å². The number of esters is 1. The number of carbonyl (C=O) groups excluding carboxylic acids is 1. The number of hydrogen-bond acceptors (Lipinski definition) is 4. The second-order valence-electron chi connectivity index (χ2n) is 4.08. The van der Waals surface area contributed by atoms with Gasteiger partial charge in [-0.25, -0.2) is 8.42 Å². The van der Waals surface area contributed by atoms with Crippen LogP contribution < -0.4 is 0 Å². The van der Waals surface area contributed by atoms with Gasteiger partial charge in [0.1, 0.15) is 0 Å². The zero-order valence-corrected chi connectivity index (χ0v) is 12.5. The molecule has 0 aromatic heterocycles. The van der Waals surface area contributed by atoms with Crippen LogP contribution >= 0.6 is 0 Å². The summed E-state index contributed by atoms with van der Waals surface area (Å²) in [5.74, 6) is -0.425. The molecule has 1 aromatic carbocycles. The molecule has 6 heteroatoms. The van der Waals surface area contributed by atoms with E-state index in [0.29, 0.717) is 6.54 Å². The summed E-state index contributed by atoms with van der Waals surface area (Å²) in [5, 5.41) is 1.16. The number of methoxy groups -OCH3 is 1. The van der Waals surface area contributed by atoms with Crippen molar-refractivity contribution < 1.29 is 17.9 Å².